The van der Waals surface area contributed by atoms with Gasteiger partial charge in [-0.3, -0.25) is 0 Å². The quantitative estimate of drug-likeness (QED) is 0.299. The van der Waals surface area contributed by atoms with Gasteiger partial charge < -0.3 is 56.3 Å². The van der Waals surface area contributed by atoms with Crippen molar-refractivity contribution < 1.29 is 61.1 Å². The van der Waals surface area contributed by atoms with E-state index in [4.69, 9.17) is 23.7 Å². The van der Waals surface area contributed by atoms with Crippen LogP contribution in [0.5, 0.6) is 11.5 Å². The van der Waals surface area contributed by atoms with Crippen molar-refractivity contribution in [2.24, 2.45) is 5.92 Å². The summed E-state index contributed by atoms with van der Waals surface area (Å²) in [5.41, 5.74) is 2.18. The molecule has 1 aromatic carbocycles. The lowest BCUT2D eigenvalue weighted by Crippen LogP contribution is -3.16. The van der Waals surface area contributed by atoms with Gasteiger partial charge in [0.2, 0.25) is 0 Å². The molecule has 3 heterocycles. The maximum Gasteiger partial charge on any atom is 0.513 e. The van der Waals surface area contributed by atoms with Crippen LogP contribution >= 0.6 is 0 Å². The van der Waals surface area contributed by atoms with Crippen molar-refractivity contribution in [1.82, 2.24) is 0 Å². The van der Waals surface area contributed by atoms with Crippen LogP contribution in [0.15, 0.2) is 24.0 Å². The van der Waals surface area contributed by atoms with Gasteiger partial charge in [0.05, 0.1) is 32.2 Å². The van der Waals surface area contributed by atoms with Gasteiger partial charge in [-0.15, -0.1) is 0 Å². The van der Waals surface area contributed by atoms with Gasteiger partial charge in [0.25, 0.3) is 0 Å². The Bertz CT molecular complexity index is 1050. The molecule has 6 rings (SSSR count). The number of nitrogens with one attached hydrogen (secondary N) is 1. The number of halogens is 1. The fourth-order valence-corrected chi connectivity index (χ4v) is 6.86. The van der Waals surface area contributed by atoms with Gasteiger partial charge in [-0.1, -0.05) is 6.07 Å². The number of quaternary nitrogens is 1. The molecule has 11 heteroatoms. The van der Waals surface area contributed by atoms with Crippen LogP contribution in [0.1, 0.15) is 24.0 Å². The minimum Gasteiger partial charge on any atom is -1.00 e. The number of benzene rings is 1. The van der Waals surface area contributed by atoms with Gasteiger partial charge in [-0.2, -0.15) is 0 Å². The first-order valence-corrected chi connectivity index (χ1v) is 11.8. The largest absolute Gasteiger partial charge is 1.00 e. The molecule has 0 saturated carbocycles. The predicted octanol–water partition coefficient (Wildman–Crippen LogP) is -3.96. The second-order valence-electron chi connectivity index (χ2n) is 9.98. The van der Waals surface area contributed by atoms with E-state index in [0.29, 0.717) is 23.5 Å². The van der Waals surface area contributed by atoms with Gasteiger partial charge in [-0.05, 0) is 24.1 Å². The minimum absolute atomic E-state index is 0. The summed E-state index contributed by atoms with van der Waals surface area (Å²) in [7, 11) is 3.87. The molecular formula is C24H30ClNO9. The fourth-order valence-electron chi connectivity index (χ4n) is 6.86. The lowest BCUT2D eigenvalue weighted by molar-refractivity contribution is -0.918. The maximum atomic E-state index is 12.6. The summed E-state index contributed by atoms with van der Waals surface area (Å²) in [6, 6.07) is 4.53. The molecule has 1 spiro atoms. The molecule has 9 atom stereocenters. The van der Waals surface area contributed by atoms with E-state index in [1.165, 1.54) is 16.0 Å². The van der Waals surface area contributed by atoms with Crippen LogP contribution in [-0.4, -0.2) is 85.5 Å². The van der Waals surface area contributed by atoms with E-state index < -0.39 is 36.9 Å². The molecule has 35 heavy (non-hydrogen) atoms. The Morgan fingerprint density at radius 2 is 2.06 bits per heavy atom. The monoisotopic (exact) mass is 511 g/mol. The molecule has 3 aliphatic heterocycles. The number of carbonyl (C=O) groups is 1. The van der Waals surface area contributed by atoms with Crippen LogP contribution in [0, 0.1) is 5.92 Å². The average molecular weight is 512 g/mol. The van der Waals surface area contributed by atoms with E-state index >= 15 is 0 Å². The van der Waals surface area contributed by atoms with E-state index in [0.717, 1.165) is 31.6 Å². The second-order valence-corrected chi connectivity index (χ2v) is 9.98. The molecule has 192 valence electrons. The first-order valence-electron chi connectivity index (χ1n) is 11.8. The van der Waals surface area contributed by atoms with Gasteiger partial charge in [0, 0.05) is 24.3 Å². The van der Waals surface area contributed by atoms with Crippen molar-refractivity contribution >= 4 is 6.16 Å². The predicted molar refractivity (Wildman–Crippen MR) is 114 cm³/mol. The minimum atomic E-state index is -1.53. The van der Waals surface area contributed by atoms with Crippen molar-refractivity contribution in [2.75, 3.05) is 27.3 Å². The van der Waals surface area contributed by atoms with Crippen molar-refractivity contribution in [2.45, 2.75) is 61.4 Å². The molecule has 2 aliphatic carbocycles. The normalized spacial score (nSPS) is 40.1. The highest BCUT2D eigenvalue weighted by Crippen LogP contribution is 2.62. The Morgan fingerprint density at radius 1 is 1.26 bits per heavy atom. The molecule has 0 radical (unpaired) electrons. The Kier molecular flexibility index (Phi) is 6.18. The van der Waals surface area contributed by atoms with Crippen molar-refractivity contribution in [3.05, 3.63) is 35.1 Å². The molecule has 5 aliphatic rings. The number of hydrogen-bond acceptors (Lipinski definition) is 9. The van der Waals surface area contributed by atoms with Crippen molar-refractivity contribution in [1.29, 1.82) is 0 Å². The summed E-state index contributed by atoms with van der Waals surface area (Å²) in [4.78, 5) is 14.1. The highest BCUT2D eigenvalue weighted by Gasteiger charge is 2.66. The van der Waals surface area contributed by atoms with Crippen molar-refractivity contribution in [3.8, 4) is 11.5 Å². The first kappa shape index (κ1) is 24.6. The van der Waals surface area contributed by atoms with Gasteiger partial charge in [-0.25, -0.2) is 4.79 Å². The fraction of sp³-hybridized carbons (Fsp3) is 0.625. The number of aliphatic hydroxyl groups excluding tert-OH is 3. The number of allylic oxidation sites excluding steroid dienone is 1. The van der Waals surface area contributed by atoms with E-state index in [2.05, 4.69) is 13.1 Å². The number of methoxy groups -OCH3 is 1. The van der Waals surface area contributed by atoms with Gasteiger partial charge in [0.1, 0.15) is 30.7 Å². The van der Waals surface area contributed by atoms with E-state index in [1.807, 2.05) is 12.1 Å². The van der Waals surface area contributed by atoms with E-state index in [-0.39, 0.29) is 24.4 Å². The first-order chi connectivity index (χ1) is 16.3. The third-order valence-corrected chi connectivity index (χ3v) is 8.49. The molecule has 4 N–H and O–H groups in total. The molecule has 2 bridgehead atoms. The smallest absolute Gasteiger partial charge is 0.513 e. The summed E-state index contributed by atoms with van der Waals surface area (Å²) in [6.45, 7) is 0.630. The van der Waals surface area contributed by atoms with Crippen LogP contribution in [-0.2, 0) is 26.0 Å². The highest BCUT2D eigenvalue weighted by atomic mass is 35.5. The number of carbonyl (C=O) groups excluding carboxylic acids is 1. The summed E-state index contributed by atoms with van der Waals surface area (Å²) >= 11 is 0. The van der Waals surface area contributed by atoms with Crippen LogP contribution in [0.4, 0.5) is 4.79 Å². The third-order valence-electron chi connectivity index (χ3n) is 8.49. The number of rotatable bonds is 4. The summed E-state index contributed by atoms with van der Waals surface area (Å²) in [5, 5.41) is 29.0. The Hall–Kier alpha value is -2.08. The number of hydrogen-bond donors (Lipinski definition) is 4. The molecular weight excluding hydrogens is 482 g/mol. The standard InChI is InChI=1S/C24H29NO9.ClH/c1-25-8-7-24-12-4-6-15(33-23(29)31-10-16-18(26)19(27)22(28)32-16)21(24)34-20-14(30-2)5-3-11(17(20)24)9-13(12)25;/h3,5-6,12-13,16,18-19,21-22,26-28H,4,7-10H2,1-2H3;1H/t12?,13-,16-,18+,19?,21?,22?,24+;/m1./s1. The molecule has 2 fully saturated rings. The van der Waals surface area contributed by atoms with Crippen LogP contribution in [0.2, 0.25) is 0 Å². The number of likely N-dealkylation sites (tertiary alicyclic amines) is 1. The summed E-state index contributed by atoms with van der Waals surface area (Å²) in [5.74, 6) is 2.19. The maximum absolute atomic E-state index is 12.6. The third kappa shape index (κ3) is 3.46. The topological polar surface area (TPSA) is 128 Å². The molecule has 1 aromatic rings. The average Bonchev–Trinajstić information content (AvgIpc) is 3.30. The molecule has 0 aromatic heterocycles. The zero-order valence-electron chi connectivity index (χ0n) is 19.5. The van der Waals surface area contributed by atoms with E-state index in [9.17, 15) is 20.1 Å². The molecule has 10 nitrogen and oxygen atoms in total. The Balaban J connectivity index is 0.00000253. The van der Waals surface area contributed by atoms with Crippen LogP contribution in [0.25, 0.3) is 0 Å². The number of aliphatic hydroxyl groups is 3. The lowest BCUT2D eigenvalue weighted by atomic mass is 9.53. The van der Waals surface area contributed by atoms with E-state index in [1.54, 1.807) is 7.11 Å². The Labute approximate surface area is 208 Å². The molecule has 0 amide bonds. The SMILES string of the molecule is COc1ccc2c3c1OC1C(OC(=O)OC[C@H]4OC(O)C(O)[C@H]4O)=CCC4[C@@H](C2)[NH+](C)CC[C@]314.[Cl-]. The summed E-state index contributed by atoms with van der Waals surface area (Å²) in [6.07, 6.45) is -2.23. The summed E-state index contributed by atoms with van der Waals surface area (Å²) < 4.78 is 28.0. The lowest BCUT2D eigenvalue weighted by Gasteiger charge is -2.54. The molecule has 2 saturated heterocycles. The van der Waals surface area contributed by atoms with Crippen LogP contribution < -0.4 is 26.8 Å². The zero-order valence-corrected chi connectivity index (χ0v) is 20.2. The van der Waals surface area contributed by atoms with Gasteiger partial charge >= 0.3 is 6.16 Å². The highest BCUT2D eigenvalue weighted by molar-refractivity contribution is 5.65. The Morgan fingerprint density at radius 3 is 2.77 bits per heavy atom. The number of likely N-dealkylation sites (N-methyl/N-ethyl adjacent to an activating group) is 1. The van der Waals surface area contributed by atoms with Gasteiger partial charge in [0.15, 0.2) is 23.9 Å². The number of piperidine rings is 1. The van der Waals surface area contributed by atoms with Crippen molar-refractivity contribution in [3.63, 3.8) is 0 Å². The molecule has 5 unspecified atom stereocenters. The van der Waals surface area contributed by atoms with Crippen LogP contribution in [0.3, 0.4) is 0 Å². The second kappa shape index (κ2) is 8.79. The number of ether oxygens (including phenoxy) is 5. The zero-order chi connectivity index (χ0) is 23.8.